The Morgan fingerprint density at radius 2 is 2.40 bits per heavy atom. The first-order chi connectivity index (χ1) is 9.72. The summed E-state index contributed by atoms with van der Waals surface area (Å²) in [6.45, 7) is 2.23. The van der Waals surface area contributed by atoms with Crippen LogP contribution in [-0.2, 0) is 14.3 Å². The van der Waals surface area contributed by atoms with E-state index >= 15 is 0 Å². The number of carbonyl (C=O) groups is 1. The molecule has 2 atom stereocenters. The van der Waals surface area contributed by atoms with Crippen molar-refractivity contribution < 1.29 is 14.3 Å². The highest BCUT2D eigenvalue weighted by Crippen LogP contribution is 2.24. The zero-order valence-electron chi connectivity index (χ0n) is 11.4. The van der Waals surface area contributed by atoms with Crippen molar-refractivity contribution in [1.82, 2.24) is 10.6 Å². The Morgan fingerprint density at radius 3 is 3.05 bits per heavy atom. The fourth-order valence-electron chi connectivity index (χ4n) is 2.10. The van der Waals surface area contributed by atoms with Crippen molar-refractivity contribution in [2.24, 2.45) is 0 Å². The summed E-state index contributed by atoms with van der Waals surface area (Å²) in [6.07, 6.45) is -0.711. The van der Waals surface area contributed by atoms with Crippen LogP contribution in [0.2, 0.25) is 5.02 Å². The first kappa shape index (κ1) is 15.3. The highest BCUT2D eigenvalue weighted by Gasteiger charge is 2.23. The second kappa shape index (κ2) is 7.59. The van der Waals surface area contributed by atoms with Crippen LogP contribution < -0.4 is 10.6 Å². The lowest BCUT2D eigenvalue weighted by Crippen LogP contribution is -2.48. The van der Waals surface area contributed by atoms with Crippen molar-refractivity contribution >= 4 is 17.5 Å². The zero-order chi connectivity index (χ0) is 14.4. The molecule has 6 heteroatoms. The summed E-state index contributed by atoms with van der Waals surface area (Å²) in [6, 6.07) is 7.45. The molecule has 0 spiro atoms. The molecular formula is C14H19ClN2O3. The van der Waals surface area contributed by atoms with E-state index in [1.807, 2.05) is 18.2 Å². The van der Waals surface area contributed by atoms with E-state index in [9.17, 15) is 4.79 Å². The number of methoxy groups -OCH3 is 1. The van der Waals surface area contributed by atoms with Gasteiger partial charge in [-0.25, -0.2) is 0 Å². The Bertz CT molecular complexity index is 450. The second-order valence-corrected chi connectivity index (χ2v) is 4.96. The Kier molecular flexibility index (Phi) is 5.79. The van der Waals surface area contributed by atoms with Crippen molar-refractivity contribution in [2.45, 2.75) is 12.2 Å². The number of carbonyl (C=O) groups excluding carboxylic acids is 1. The number of hydrogen-bond donors (Lipinski definition) is 2. The standard InChI is InChI=1S/C14H19ClN2O3/c1-19-12(10-4-2-3-5-11(10)15)9-17-14(18)13-8-16-6-7-20-13/h2-5,12-13,16H,6-9H2,1H3,(H,17,18). The average Bonchev–Trinajstić information content (AvgIpc) is 2.50. The summed E-state index contributed by atoms with van der Waals surface area (Å²) in [5.74, 6) is -0.133. The molecule has 0 saturated carbocycles. The second-order valence-electron chi connectivity index (χ2n) is 4.55. The number of nitrogens with one attached hydrogen (secondary N) is 2. The van der Waals surface area contributed by atoms with Crippen LogP contribution in [0.15, 0.2) is 24.3 Å². The van der Waals surface area contributed by atoms with Crippen LogP contribution in [0, 0.1) is 0 Å². The molecule has 1 aliphatic rings. The molecule has 1 aromatic carbocycles. The van der Waals surface area contributed by atoms with Crippen LogP contribution in [0.4, 0.5) is 0 Å². The molecule has 1 aromatic rings. The normalized spacial score (nSPS) is 20.4. The molecule has 2 rings (SSSR count). The average molecular weight is 299 g/mol. The van der Waals surface area contributed by atoms with Crippen LogP contribution in [0.1, 0.15) is 11.7 Å². The Hall–Kier alpha value is -1.14. The highest BCUT2D eigenvalue weighted by molar-refractivity contribution is 6.31. The van der Waals surface area contributed by atoms with Gasteiger partial charge in [0.15, 0.2) is 0 Å². The molecule has 5 nitrogen and oxygen atoms in total. The summed E-state index contributed by atoms with van der Waals surface area (Å²) >= 11 is 6.13. The summed E-state index contributed by atoms with van der Waals surface area (Å²) in [5, 5.41) is 6.59. The quantitative estimate of drug-likeness (QED) is 0.856. The van der Waals surface area contributed by atoms with E-state index in [0.29, 0.717) is 24.7 Å². The maximum Gasteiger partial charge on any atom is 0.250 e. The van der Waals surface area contributed by atoms with Crippen LogP contribution >= 0.6 is 11.6 Å². The minimum atomic E-state index is -0.437. The molecule has 0 bridgehead atoms. The number of benzene rings is 1. The molecular weight excluding hydrogens is 280 g/mol. The van der Waals surface area contributed by atoms with E-state index in [1.165, 1.54) is 0 Å². The highest BCUT2D eigenvalue weighted by atomic mass is 35.5. The zero-order valence-corrected chi connectivity index (χ0v) is 12.2. The third-order valence-corrected chi connectivity index (χ3v) is 3.56. The van der Waals surface area contributed by atoms with Gasteiger partial charge in [0.2, 0.25) is 0 Å². The van der Waals surface area contributed by atoms with Gasteiger partial charge in [-0.15, -0.1) is 0 Å². The van der Waals surface area contributed by atoms with E-state index in [4.69, 9.17) is 21.1 Å². The maximum atomic E-state index is 12.0. The first-order valence-electron chi connectivity index (χ1n) is 6.59. The van der Waals surface area contributed by atoms with Crippen molar-refractivity contribution in [3.05, 3.63) is 34.9 Å². The number of ether oxygens (including phenoxy) is 2. The molecule has 1 fully saturated rings. The maximum absolute atomic E-state index is 12.0. The molecule has 1 heterocycles. The van der Waals surface area contributed by atoms with Gasteiger partial charge in [0.05, 0.1) is 6.61 Å². The van der Waals surface area contributed by atoms with Crippen molar-refractivity contribution in [1.29, 1.82) is 0 Å². The third-order valence-electron chi connectivity index (χ3n) is 3.22. The summed E-state index contributed by atoms with van der Waals surface area (Å²) in [5.41, 5.74) is 0.861. The fraction of sp³-hybridized carbons (Fsp3) is 0.500. The van der Waals surface area contributed by atoms with E-state index < -0.39 is 6.10 Å². The van der Waals surface area contributed by atoms with Gasteiger partial charge < -0.3 is 20.1 Å². The van der Waals surface area contributed by atoms with Gasteiger partial charge in [0.1, 0.15) is 12.2 Å². The minimum absolute atomic E-state index is 0.133. The van der Waals surface area contributed by atoms with Gasteiger partial charge in [0.25, 0.3) is 5.91 Å². The lowest BCUT2D eigenvalue weighted by atomic mass is 10.1. The van der Waals surface area contributed by atoms with Gasteiger partial charge in [-0.1, -0.05) is 29.8 Å². The lowest BCUT2D eigenvalue weighted by molar-refractivity contribution is -0.134. The molecule has 0 aliphatic carbocycles. The smallest absolute Gasteiger partial charge is 0.250 e. The van der Waals surface area contributed by atoms with Crippen LogP contribution in [0.5, 0.6) is 0 Å². The largest absolute Gasteiger partial charge is 0.375 e. The van der Waals surface area contributed by atoms with Gasteiger partial charge in [-0.05, 0) is 6.07 Å². The van der Waals surface area contributed by atoms with E-state index in [-0.39, 0.29) is 12.0 Å². The van der Waals surface area contributed by atoms with E-state index in [1.54, 1.807) is 13.2 Å². The van der Waals surface area contributed by atoms with Crippen LogP contribution in [0.25, 0.3) is 0 Å². The van der Waals surface area contributed by atoms with Gasteiger partial charge in [-0.2, -0.15) is 0 Å². The fourth-order valence-corrected chi connectivity index (χ4v) is 2.35. The predicted octanol–water partition coefficient (Wildman–Crippen LogP) is 1.13. The molecule has 0 radical (unpaired) electrons. The number of morpholine rings is 1. The van der Waals surface area contributed by atoms with Crippen LogP contribution in [0.3, 0.4) is 0 Å². The Morgan fingerprint density at radius 1 is 1.60 bits per heavy atom. The van der Waals surface area contributed by atoms with Crippen molar-refractivity contribution in [3.8, 4) is 0 Å². The summed E-state index contributed by atoms with van der Waals surface area (Å²) in [7, 11) is 1.60. The van der Waals surface area contributed by atoms with Crippen molar-refractivity contribution in [3.63, 3.8) is 0 Å². The molecule has 2 unspecified atom stereocenters. The van der Waals surface area contributed by atoms with Crippen LogP contribution in [-0.4, -0.2) is 45.4 Å². The SMILES string of the molecule is COC(CNC(=O)C1CNCCO1)c1ccccc1Cl. The summed E-state index contributed by atoms with van der Waals surface area (Å²) in [4.78, 5) is 12.0. The van der Waals surface area contributed by atoms with E-state index in [2.05, 4.69) is 10.6 Å². The molecule has 2 N–H and O–H groups in total. The Labute approximate surface area is 123 Å². The number of hydrogen-bond acceptors (Lipinski definition) is 4. The molecule has 0 aromatic heterocycles. The number of halogens is 1. The third kappa shape index (κ3) is 3.93. The lowest BCUT2D eigenvalue weighted by Gasteiger charge is -2.24. The van der Waals surface area contributed by atoms with E-state index in [0.717, 1.165) is 12.1 Å². The van der Waals surface area contributed by atoms with Gasteiger partial charge >= 0.3 is 0 Å². The van der Waals surface area contributed by atoms with Crippen molar-refractivity contribution in [2.75, 3.05) is 33.4 Å². The Balaban J connectivity index is 1.90. The molecule has 1 saturated heterocycles. The molecule has 1 amide bonds. The molecule has 20 heavy (non-hydrogen) atoms. The van der Waals surface area contributed by atoms with Gasteiger partial charge in [-0.3, -0.25) is 4.79 Å². The topological polar surface area (TPSA) is 59.6 Å². The number of amides is 1. The predicted molar refractivity (Wildman–Crippen MR) is 76.8 cm³/mol. The monoisotopic (exact) mass is 298 g/mol. The number of rotatable bonds is 5. The summed E-state index contributed by atoms with van der Waals surface area (Å²) < 4.78 is 10.8. The first-order valence-corrected chi connectivity index (χ1v) is 6.97. The minimum Gasteiger partial charge on any atom is -0.375 e. The molecule has 110 valence electrons. The van der Waals surface area contributed by atoms with Gasteiger partial charge in [0, 0.05) is 37.3 Å². The molecule has 1 aliphatic heterocycles.